The second-order valence-electron chi connectivity index (χ2n) is 13.9. The molecule has 3 saturated carbocycles. The molecule has 0 aromatic heterocycles. The Kier molecular flexibility index (Phi) is 10.9. The molecule has 0 spiro atoms. The number of unbranched alkanes of at least 4 members (excludes halogenated alkanes) is 4. The van der Waals surface area contributed by atoms with E-state index < -0.39 is 0 Å². The summed E-state index contributed by atoms with van der Waals surface area (Å²) < 4.78 is 0. The number of fused-ring (bicyclic) bond motifs is 5. The summed E-state index contributed by atoms with van der Waals surface area (Å²) in [5.74, 6) is 0. The molecule has 2 saturated heterocycles. The van der Waals surface area contributed by atoms with Crippen molar-refractivity contribution in [3.63, 3.8) is 0 Å². The first-order valence-corrected chi connectivity index (χ1v) is 17.8. The van der Waals surface area contributed by atoms with Gasteiger partial charge in [-0.05, 0) is 90.4 Å². The van der Waals surface area contributed by atoms with Crippen LogP contribution in [0.5, 0.6) is 0 Å². The molecule has 38 heavy (non-hydrogen) atoms. The highest BCUT2D eigenvalue weighted by atomic mass is 15.4. The van der Waals surface area contributed by atoms with Gasteiger partial charge in [-0.15, -0.1) is 0 Å². The second-order valence-corrected chi connectivity index (χ2v) is 13.9. The predicted octanol–water partition coefficient (Wildman–Crippen LogP) is 7.31. The molecule has 0 aromatic rings. The van der Waals surface area contributed by atoms with Crippen molar-refractivity contribution in [3.8, 4) is 0 Å². The molecule has 5 aliphatic rings. The van der Waals surface area contributed by atoms with Gasteiger partial charge >= 0.3 is 0 Å². The maximum Gasteiger partial charge on any atom is 0.0426 e. The third-order valence-electron chi connectivity index (χ3n) is 11.7. The fourth-order valence-corrected chi connectivity index (χ4v) is 10.0. The van der Waals surface area contributed by atoms with Gasteiger partial charge in [0.1, 0.15) is 0 Å². The largest absolute Gasteiger partial charge is 0.294 e. The Morgan fingerprint density at radius 3 is 0.974 bits per heavy atom. The molecule has 3 aliphatic carbocycles. The van der Waals surface area contributed by atoms with E-state index >= 15 is 0 Å². The van der Waals surface area contributed by atoms with Crippen molar-refractivity contribution in [2.45, 2.75) is 192 Å². The van der Waals surface area contributed by atoms with E-state index in [4.69, 9.17) is 0 Å². The Morgan fingerprint density at radius 2 is 0.658 bits per heavy atom. The minimum Gasteiger partial charge on any atom is -0.294 e. The van der Waals surface area contributed by atoms with E-state index in [9.17, 15) is 0 Å². The molecule has 5 rings (SSSR count). The molecule has 220 valence electrons. The fourth-order valence-electron chi connectivity index (χ4n) is 10.0. The van der Waals surface area contributed by atoms with Crippen LogP contribution in [0.1, 0.15) is 143 Å². The average Bonchev–Trinajstić information content (AvgIpc) is 2.96. The van der Waals surface area contributed by atoms with Crippen LogP contribution in [0.3, 0.4) is 0 Å². The van der Waals surface area contributed by atoms with Crippen molar-refractivity contribution in [3.05, 3.63) is 0 Å². The third-order valence-corrected chi connectivity index (χ3v) is 11.7. The molecule has 0 bridgehead atoms. The zero-order chi connectivity index (χ0) is 26.5. The summed E-state index contributed by atoms with van der Waals surface area (Å²) in [5.41, 5.74) is 0. The highest BCUT2D eigenvalue weighted by molar-refractivity contribution is 5.16. The van der Waals surface area contributed by atoms with Crippen LogP contribution in [0, 0.1) is 0 Å². The molecule has 8 atom stereocenters. The van der Waals surface area contributed by atoms with Crippen LogP contribution in [0.15, 0.2) is 0 Å². The van der Waals surface area contributed by atoms with Crippen molar-refractivity contribution >= 4 is 0 Å². The van der Waals surface area contributed by atoms with Gasteiger partial charge < -0.3 is 0 Å². The summed E-state index contributed by atoms with van der Waals surface area (Å²) in [7, 11) is 0. The Hall–Kier alpha value is -0.160. The van der Waals surface area contributed by atoms with Crippen molar-refractivity contribution in [1.29, 1.82) is 0 Å². The normalized spacial score (nSPS) is 38.8. The van der Waals surface area contributed by atoms with Crippen molar-refractivity contribution in [2.24, 2.45) is 0 Å². The highest BCUT2D eigenvalue weighted by Crippen LogP contribution is 2.48. The van der Waals surface area contributed by atoms with Crippen LogP contribution in [0.4, 0.5) is 0 Å². The first-order valence-electron chi connectivity index (χ1n) is 17.8. The molecule has 2 heterocycles. The van der Waals surface area contributed by atoms with E-state index in [1.165, 1.54) is 142 Å². The summed E-state index contributed by atoms with van der Waals surface area (Å²) in [6.07, 6.45) is 25.5. The minimum atomic E-state index is 0.750. The molecule has 0 amide bonds. The lowest BCUT2D eigenvalue weighted by Crippen LogP contribution is -2.81. The lowest BCUT2D eigenvalue weighted by atomic mass is 9.69. The van der Waals surface area contributed by atoms with E-state index in [2.05, 4.69) is 47.3 Å². The van der Waals surface area contributed by atoms with E-state index in [0.29, 0.717) is 0 Å². The fraction of sp³-hybridized carbons (Fsp3) is 1.00. The van der Waals surface area contributed by atoms with E-state index in [1.54, 1.807) is 0 Å². The van der Waals surface area contributed by atoms with Crippen LogP contribution in [0.2, 0.25) is 0 Å². The van der Waals surface area contributed by atoms with Crippen LogP contribution < -0.4 is 0 Å². The predicted molar refractivity (Wildman–Crippen MR) is 163 cm³/mol. The lowest BCUT2D eigenvalue weighted by Gasteiger charge is -2.68. The van der Waals surface area contributed by atoms with Crippen LogP contribution >= 0.6 is 0 Å². The van der Waals surface area contributed by atoms with E-state index in [-0.39, 0.29) is 0 Å². The van der Waals surface area contributed by atoms with Gasteiger partial charge in [-0.3, -0.25) is 19.6 Å². The van der Waals surface area contributed by atoms with Crippen molar-refractivity contribution < 1.29 is 0 Å². The van der Waals surface area contributed by atoms with Gasteiger partial charge in [0.15, 0.2) is 0 Å². The number of hydrogen-bond donors (Lipinski definition) is 0. The first-order chi connectivity index (χ1) is 18.7. The third kappa shape index (κ3) is 5.77. The summed E-state index contributed by atoms with van der Waals surface area (Å²) in [4.78, 5) is 12.7. The average molecular weight is 529 g/mol. The van der Waals surface area contributed by atoms with E-state index in [1.807, 2.05) is 0 Å². The van der Waals surface area contributed by atoms with Gasteiger partial charge in [0.25, 0.3) is 0 Å². The molecule has 0 aromatic carbocycles. The Morgan fingerprint density at radius 1 is 0.368 bits per heavy atom. The molecule has 4 heteroatoms. The quantitative estimate of drug-likeness (QED) is 0.263. The van der Waals surface area contributed by atoms with Crippen molar-refractivity contribution in [2.75, 3.05) is 26.2 Å². The Balaban J connectivity index is 1.55. The topological polar surface area (TPSA) is 13.0 Å². The van der Waals surface area contributed by atoms with Crippen molar-refractivity contribution in [1.82, 2.24) is 19.6 Å². The molecular formula is C34H64N4. The van der Waals surface area contributed by atoms with Gasteiger partial charge in [0, 0.05) is 48.3 Å². The molecule has 0 radical (unpaired) electrons. The van der Waals surface area contributed by atoms with Gasteiger partial charge in [-0.2, -0.15) is 0 Å². The van der Waals surface area contributed by atoms with Gasteiger partial charge in [0.2, 0.25) is 0 Å². The number of rotatable bonds is 12. The summed E-state index contributed by atoms with van der Waals surface area (Å²) >= 11 is 0. The van der Waals surface area contributed by atoms with Gasteiger partial charge in [0.05, 0.1) is 0 Å². The second kappa shape index (κ2) is 14.1. The summed E-state index contributed by atoms with van der Waals surface area (Å²) in [5, 5.41) is 0. The minimum absolute atomic E-state index is 0.750. The lowest BCUT2D eigenvalue weighted by molar-refractivity contribution is -0.176. The molecular weight excluding hydrogens is 464 g/mol. The number of hydrogen-bond acceptors (Lipinski definition) is 4. The molecule has 8 unspecified atom stereocenters. The standard InChI is InChI=1S/C34H64N4/c1-5-9-23-35-27-17-13-15-19-29(27)37(25-11-7-3)33-31(35)21-22-32-34(33)38(26-12-8-4)30-20-16-14-18-28(30)36(32)24-10-6-2/h27-34H,5-26H2,1-4H3. The smallest absolute Gasteiger partial charge is 0.0426 e. The van der Waals surface area contributed by atoms with Gasteiger partial charge in [-0.1, -0.05) is 79.1 Å². The molecule has 2 aliphatic heterocycles. The Labute approximate surface area is 237 Å². The zero-order valence-corrected chi connectivity index (χ0v) is 26.0. The molecule has 4 nitrogen and oxygen atoms in total. The van der Waals surface area contributed by atoms with Crippen LogP contribution in [-0.2, 0) is 0 Å². The first kappa shape index (κ1) is 29.3. The maximum atomic E-state index is 3.21. The SMILES string of the molecule is CCCCN1C2CCCCC2N(CCCC)C2C1CCC1C2N(CCCC)C2CCCCC2N1CCCC. The van der Waals surface area contributed by atoms with Crippen LogP contribution in [0.25, 0.3) is 0 Å². The van der Waals surface area contributed by atoms with Gasteiger partial charge in [-0.25, -0.2) is 0 Å². The highest BCUT2D eigenvalue weighted by Gasteiger charge is 2.59. The zero-order valence-electron chi connectivity index (χ0n) is 26.0. The summed E-state index contributed by atoms with van der Waals surface area (Å²) in [6.45, 7) is 15.1. The van der Waals surface area contributed by atoms with Crippen LogP contribution in [-0.4, -0.2) is 94.1 Å². The molecule has 0 N–H and O–H groups in total. The molecule has 5 fully saturated rings. The van der Waals surface area contributed by atoms with E-state index in [0.717, 1.165) is 48.3 Å². The number of nitrogens with zero attached hydrogens (tertiary/aromatic N) is 4. The Bertz CT molecular complexity index is 640. The maximum absolute atomic E-state index is 3.21. The monoisotopic (exact) mass is 529 g/mol. The number of piperazine rings is 2. The summed E-state index contributed by atoms with van der Waals surface area (Å²) in [6, 6.07) is 6.36.